The minimum atomic E-state index is -0.756. The fourth-order valence-electron chi connectivity index (χ4n) is 3.66. The van der Waals surface area contributed by atoms with E-state index in [0.29, 0.717) is 5.92 Å². The van der Waals surface area contributed by atoms with Crippen molar-refractivity contribution < 1.29 is 10.0 Å². The maximum Gasteiger partial charge on any atom is 0.236 e. The predicted molar refractivity (Wildman–Crippen MR) is 78.5 cm³/mol. The number of rotatable bonds is 3. The molecular formula is C15H27N3O2. The molecule has 1 saturated carbocycles. The smallest absolute Gasteiger partial charge is 0.236 e. The van der Waals surface area contributed by atoms with E-state index in [0.717, 1.165) is 64.5 Å². The van der Waals surface area contributed by atoms with Gasteiger partial charge in [0.15, 0.2) is 5.84 Å². The largest absolute Gasteiger partial charge is 0.409 e. The lowest BCUT2D eigenvalue weighted by atomic mass is 9.77. The zero-order valence-corrected chi connectivity index (χ0v) is 12.5. The average Bonchev–Trinajstić information content (AvgIpc) is 2.82. The summed E-state index contributed by atoms with van der Waals surface area (Å²) in [6.07, 6.45) is 7.84. The monoisotopic (exact) mass is 281 g/mol. The molecular weight excluding hydrogens is 254 g/mol. The van der Waals surface area contributed by atoms with Crippen molar-refractivity contribution in [3.8, 4) is 0 Å². The van der Waals surface area contributed by atoms with Gasteiger partial charge in [-0.2, -0.15) is 0 Å². The van der Waals surface area contributed by atoms with Gasteiger partial charge in [-0.15, -0.1) is 0 Å². The van der Waals surface area contributed by atoms with E-state index in [4.69, 9.17) is 10.9 Å². The summed E-state index contributed by atoms with van der Waals surface area (Å²) in [6.45, 7) is 3.82. The van der Waals surface area contributed by atoms with Crippen molar-refractivity contribution >= 4 is 11.7 Å². The topological polar surface area (TPSA) is 78.9 Å². The number of nitrogens with two attached hydrogens (primary N) is 1. The Morgan fingerprint density at radius 3 is 2.50 bits per heavy atom. The van der Waals surface area contributed by atoms with Crippen LogP contribution in [0.1, 0.15) is 58.3 Å². The summed E-state index contributed by atoms with van der Waals surface area (Å²) in [4.78, 5) is 14.9. The third-order valence-corrected chi connectivity index (χ3v) is 5.11. The first-order valence-electron chi connectivity index (χ1n) is 7.91. The zero-order chi connectivity index (χ0) is 14.6. The Morgan fingerprint density at radius 2 is 2.00 bits per heavy atom. The fourth-order valence-corrected chi connectivity index (χ4v) is 3.66. The van der Waals surface area contributed by atoms with Gasteiger partial charge in [0.05, 0.1) is 0 Å². The van der Waals surface area contributed by atoms with Crippen molar-refractivity contribution in [2.24, 2.45) is 22.2 Å². The van der Waals surface area contributed by atoms with Crippen LogP contribution in [0.5, 0.6) is 0 Å². The molecule has 3 N–H and O–H groups in total. The van der Waals surface area contributed by atoms with Gasteiger partial charge in [-0.1, -0.05) is 44.2 Å². The van der Waals surface area contributed by atoms with Crippen molar-refractivity contribution in [2.75, 3.05) is 13.1 Å². The van der Waals surface area contributed by atoms with Crippen molar-refractivity contribution in [3.63, 3.8) is 0 Å². The molecule has 20 heavy (non-hydrogen) atoms. The fraction of sp³-hybridized carbons (Fsp3) is 0.867. The Balaban J connectivity index is 2.20. The van der Waals surface area contributed by atoms with Gasteiger partial charge >= 0.3 is 0 Å². The molecule has 1 aliphatic carbocycles. The van der Waals surface area contributed by atoms with Crippen LogP contribution in [0.2, 0.25) is 0 Å². The van der Waals surface area contributed by atoms with E-state index in [1.165, 1.54) is 0 Å². The number of hydrogen-bond donors (Lipinski definition) is 2. The zero-order valence-electron chi connectivity index (χ0n) is 12.5. The van der Waals surface area contributed by atoms with Gasteiger partial charge in [-0.25, -0.2) is 0 Å². The van der Waals surface area contributed by atoms with Gasteiger partial charge in [0, 0.05) is 13.1 Å². The number of carbonyl (C=O) groups is 1. The van der Waals surface area contributed by atoms with E-state index in [9.17, 15) is 4.79 Å². The van der Waals surface area contributed by atoms with Crippen LogP contribution in [-0.2, 0) is 4.79 Å². The Kier molecular flexibility index (Phi) is 4.89. The molecule has 1 unspecified atom stereocenters. The second-order valence-corrected chi connectivity index (χ2v) is 6.30. The van der Waals surface area contributed by atoms with Crippen LogP contribution in [0.15, 0.2) is 5.16 Å². The van der Waals surface area contributed by atoms with Crippen LogP contribution < -0.4 is 5.73 Å². The number of amidine groups is 1. The van der Waals surface area contributed by atoms with Gasteiger partial charge in [-0.05, 0) is 25.2 Å². The second-order valence-electron chi connectivity index (χ2n) is 6.30. The van der Waals surface area contributed by atoms with Gasteiger partial charge in [0.1, 0.15) is 5.41 Å². The third kappa shape index (κ3) is 2.76. The summed E-state index contributed by atoms with van der Waals surface area (Å²) in [5, 5.41) is 12.3. The molecule has 1 atom stereocenters. The van der Waals surface area contributed by atoms with Crippen LogP contribution in [0.25, 0.3) is 0 Å². The van der Waals surface area contributed by atoms with E-state index in [2.05, 4.69) is 12.1 Å². The molecule has 0 aromatic rings. The first-order valence-corrected chi connectivity index (χ1v) is 7.91. The SMILES string of the molecule is CCC1CCN(C(=O)C2(C(N)=NO)CCCCCC2)C1. The lowest BCUT2D eigenvalue weighted by Gasteiger charge is -2.34. The Hall–Kier alpha value is -1.26. The first-order chi connectivity index (χ1) is 9.64. The molecule has 0 bridgehead atoms. The van der Waals surface area contributed by atoms with Crippen LogP contribution in [0, 0.1) is 11.3 Å². The molecule has 0 aromatic carbocycles. The highest BCUT2D eigenvalue weighted by Crippen LogP contribution is 2.38. The van der Waals surface area contributed by atoms with Crippen molar-refractivity contribution in [2.45, 2.75) is 58.3 Å². The summed E-state index contributed by atoms with van der Waals surface area (Å²) in [5.74, 6) is 0.809. The molecule has 2 fully saturated rings. The molecule has 1 saturated heterocycles. The van der Waals surface area contributed by atoms with Crippen LogP contribution >= 0.6 is 0 Å². The summed E-state index contributed by atoms with van der Waals surface area (Å²) in [6, 6.07) is 0. The van der Waals surface area contributed by atoms with Gasteiger partial charge in [0.2, 0.25) is 5.91 Å². The number of hydrogen-bond acceptors (Lipinski definition) is 3. The van der Waals surface area contributed by atoms with Crippen LogP contribution in [0.4, 0.5) is 0 Å². The Labute approximate surface area is 121 Å². The number of oxime groups is 1. The lowest BCUT2D eigenvalue weighted by Crippen LogP contribution is -2.50. The quantitative estimate of drug-likeness (QED) is 0.274. The van der Waals surface area contributed by atoms with Crippen LogP contribution in [0.3, 0.4) is 0 Å². The van der Waals surface area contributed by atoms with E-state index >= 15 is 0 Å². The van der Waals surface area contributed by atoms with Gasteiger partial charge in [-0.3, -0.25) is 4.79 Å². The number of nitrogens with zero attached hydrogens (tertiary/aromatic N) is 2. The molecule has 2 rings (SSSR count). The second kappa shape index (κ2) is 6.46. The molecule has 1 heterocycles. The molecule has 0 radical (unpaired) electrons. The third-order valence-electron chi connectivity index (χ3n) is 5.11. The summed E-state index contributed by atoms with van der Waals surface area (Å²) in [5.41, 5.74) is 5.18. The van der Waals surface area contributed by atoms with Crippen molar-refractivity contribution in [3.05, 3.63) is 0 Å². The number of carbonyl (C=O) groups excluding carboxylic acids is 1. The molecule has 114 valence electrons. The van der Waals surface area contributed by atoms with Gasteiger partial charge in [0.25, 0.3) is 0 Å². The molecule has 0 aromatic heterocycles. The minimum absolute atomic E-state index is 0.0886. The Bertz CT molecular complexity index is 373. The van der Waals surface area contributed by atoms with Crippen molar-refractivity contribution in [1.29, 1.82) is 0 Å². The maximum atomic E-state index is 13.0. The summed E-state index contributed by atoms with van der Waals surface area (Å²) in [7, 11) is 0. The molecule has 1 amide bonds. The highest BCUT2D eigenvalue weighted by Gasteiger charge is 2.46. The average molecular weight is 281 g/mol. The summed E-state index contributed by atoms with van der Waals surface area (Å²) < 4.78 is 0. The van der Waals surface area contributed by atoms with E-state index in [1.807, 2.05) is 4.90 Å². The number of likely N-dealkylation sites (tertiary alicyclic amines) is 1. The molecule has 5 nitrogen and oxygen atoms in total. The van der Waals surface area contributed by atoms with Crippen LogP contribution in [-0.4, -0.2) is 34.9 Å². The summed E-state index contributed by atoms with van der Waals surface area (Å²) >= 11 is 0. The van der Waals surface area contributed by atoms with Gasteiger partial charge < -0.3 is 15.8 Å². The predicted octanol–water partition coefficient (Wildman–Crippen LogP) is 2.33. The van der Waals surface area contributed by atoms with E-state index in [-0.39, 0.29) is 11.7 Å². The maximum absolute atomic E-state index is 13.0. The standard InChI is InChI=1S/C15H27N3O2/c1-2-12-7-10-18(11-12)14(19)15(13(16)17-20)8-5-3-4-6-9-15/h12,20H,2-11H2,1H3,(H2,16,17). The molecule has 1 aliphatic heterocycles. The minimum Gasteiger partial charge on any atom is -0.409 e. The molecule has 0 spiro atoms. The highest BCUT2D eigenvalue weighted by molar-refractivity contribution is 6.06. The lowest BCUT2D eigenvalue weighted by molar-refractivity contribution is -0.138. The molecule has 2 aliphatic rings. The normalized spacial score (nSPS) is 27.4. The van der Waals surface area contributed by atoms with Crippen molar-refractivity contribution in [1.82, 2.24) is 4.90 Å². The highest BCUT2D eigenvalue weighted by atomic mass is 16.4. The molecule has 5 heteroatoms. The Morgan fingerprint density at radius 1 is 1.35 bits per heavy atom. The van der Waals surface area contributed by atoms with E-state index in [1.54, 1.807) is 0 Å². The number of amides is 1. The first kappa shape index (κ1) is 15.1. The van der Waals surface area contributed by atoms with E-state index < -0.39 is 5.41 Å².